The van der Waals surface area contributed by atoms with E-state index in [1.54, 1.807) is 31.3 Å². The third kappa shape index (κ3) is 7.76. The highest BCUT2D eigenvalue weighted by Crippen LogP contribution is 2.37. The summed E-state index contributed by atoms with van der Waals surface area (Å²) in [4.78, 5) is 43.5. The molecule has 3 N–H and O–H groups in total. The second kappa shape index (κ2) is 15.6. The van der Waals surface area contributed by atoms with E-state index in [9.17, 15) is 19.5 Å². The second-order valence-corrected chi connectivity index (χ2v) is 12.9. The average Bonchev–Trinajstić information content (AvgIpc) is 3.05. The van der Waals surface area contributed by atoms with Crippen molar-refractivity contribution in [2.75, 3.05) is 26.7 Å². The predicted molar refractivity (Wildman–Crippen MR) is 177 cm³/mol. The van der Waals surface area contributed by atoms with Crippen molar-refractivity contribution in [1.82, 2.24) is 20.4 Å². The summed E-state index contributed by atoms with van der Waals surface area (Å²) in [5.74, 6) is 0.741. The van der Waals surface area contributed by atoms with Crippen molar-refractivity contribution in [3.63, 3.8) is 0 Å². The third-order valence-corrected chi connectivity index (χ3v) is 9.92. The highest BCUT2D eigenvalue weighted by atomic mass is 35.5. The molecule has 1 spiro atoms. The number of nitrogens with zero attached hydrogens (tertiary/aromatic N) is 2. The van der Waals surface area contributed by atoms with Crippen LogP contribution < -0.4 is 15.4 Å². The lowest BCUT2D eigenvalue weighted by atomic mass is 9.78. The summed E-state index contributed by atoms with van der Waals surface area (Å²) in [6.07, 6.45) is 7.08. The number of piperidine rings is 1. The second-order valence-electron chi connectivity index (χ2n) is 12.5. The Morgan fingerprint density at radius 1 is 1.11 bits per heavy atom. The Balaban J connectivity index is 0.00000461. The van der Waals surface area contributed by atoms with Crippen LogP contribution in [0.5, 0.6) is 11.5 Å². The molecule has 0 unspecified atom stereocenters. The zero-order chi connectivity index (χ0) is 31.3. The number of nitrogens with one attached hydrogen (secondary N) is 2. The molecule has 2 saturated heterocycles. The number of aliphatic hydroxyl groups excluding tert-OH is 1. The van der Waals surface area contributed by atoms with Gasteiger partial charge in [0.25, 0.3) is 5.91 Å². The first-order valence-electron chi connectivity index (χ1n) is 16.1. The van der Waals surface area contributed by atoms with E-state index in [0.717, 1.165) is 50.5 Å². The van der Waals surface area contributed by atoms with Gasteiger partial charge in [0.05, 0.1) is 11.1 Å². The highest BCUT2D eigenvalue weighted by Gasteiger charge is 2.55. The fraction of sp³-hybridized carbons (Fsp3) is 0.559. The lowest BCUT2D eigenvalue weighted by molar-refractivity contribution is -0.166. The molecule has 0 aromatic heterocycles. The van der Waals surface area contributed by atoms with E-state index >= 15 is 0 Å². The summed E-state index contributed by atoms with van der Waals surface area (Å²) < 4.78 is 5.95. The minimum atomic E-state index is -0.881. The third-order valence-electron chi connectivity index (χ3n) is 9.62. The van der Waals surface area contributed by atoms with E-state index in [4.69, 9.17) is 16.3 Å². The fourth-order valence-corrected chi connectivity index (χ4v) is 7.21. The number of rotatable bonds is 10. The van der Waals surface area contributed by atoms with Crippen molar-refractivity contribution in [3.8, 4) is 11.5 Å². The van der Waals surface area contributed by atoms with E-state index in [2.05, 4.69) is 22.5 Å². The number of likely N-dealkylation sites (tertiary alicyclic amines) is 1. The van der Waals surface area contributed by atoms with Gasteiger partial charge < -0.3 is 25.4 Å². The van der Waals surface area contributed by atoms with Gasteiger partial charge in [-0.15, -0.1) is 12.4 Å². The summed E-state index contributed by atoms with van der Waals surface area (Å²) in [5.41, 5.74) is 0.690. The van der Waals surface area contributed by atoms with Gasteiger partial charge in [0.2, 0.25) is 11.8 Å². The van der Waals surface area contributed by atoms with E-state index in [0.29, 0.717) is 61.1 Å². The van der Waals surface area contributed by atoms with Crippen LogP contribution in [0.1, 0.15) is 80.6 Å². The Kier molecular flexibility index (Phi) is 12.2. The molecule has 45 heavy (non-hydrogen) atoms. The predicted octanol–water partition coefficient (Wildman–Crippen LogP) is 5.32. The smallest absolute Gasteiger partial charge is 0.251 e. The van der Waals surface area contributed by atoms with Crippen LogP contribution in [-0.2, 0) is 16.1 Å². The normalized spacial score (nSPS) is 21.2. The number of ether oxygens (including phenoxy) is 1. The van der Waals surface area contributed by atoms with Gasteiger partial charge in [0.15, 0.2) is 0 Å². The molecular weight excluding hydrogens is 615 g/mol. The molecular formula is C34H46Cl2N4O5. The summed E-state index contributed by atoms with van der Waals surface area (Å²) in [5, 5.41) is 17.3. The molecule has 2 aromatic rings. The van der Waals surface area contributed by atoms with Crippen molar-refractivity contribution in [3.05, 3.63) is 58.6 Å². The Morgan fingerprint density at radius 2 is 1.80 bits per heavy atom. The maximum absolute atomic E-state index is 13.9. The molecule has 1 aliphatic carbocycles. The van der Waals surface area contributed by atoms with Crippen LogP contribution in [0.2, 0.25) is 5.02 Å². The standard InChI is InChI=1S/C34H45ClN4O5.ClH/c1-3-4-18-39-32(42)29(30(40)24-8-6-5-7-9-24)37-33(43)34(39)16-19-38(20-17-34)22-23-10-15-28(27(35)21-23)44-26-13-11-25(12-14-26)31(41)36-2;/h10-15,21,24,29-30,40H,3-9,16-20,22H2,1-2H3,(H,36,41)(H,37,43);1H/t29-,30-;/m1./s1. The molecule has 2 atom stereocenters. The number of piperazine rings is 1. The van der Waals surface area contributed by atoms with Crippen molar-refractivity contribution in [2.45, 2.75) is 88.9 Å². The maximum atomic E-state index is 13.9. The quantitative estimate of drug-likeness (QED) is 0.318. The lowest BCUT2D eigenvalue weighted by Crippen LogP contribution is -2.75. The van der Waals surface area contributed by atoms with Crippen LogP contribution >= 0.6 is 24.0 Å². The fourth-order valence-electron chi connectivity index (χ4n) is 6.97. The summed E-state index contributed by atoms with van der Waals surface area (Å²) >= 11 is 6.59. The molecule has 246 valence electrons. The number of hydrogen-bond acceptors (Lipinski definition) is 6. The molecule has 5 rings (SSSR count). The van der Waals surface area contributed by atoms with Crippen molar-refractivity contribution in [2.24, 2.45) is 5.92 Å². The summed E-state index contributed by atoms with van der Waals surface area (Å²) in [6, 6.07) is 11.7. The van der Waals surface area contributed by atoms with Gasteiger partial charge >= 0.3 is 0 Å². The summed E-state index contributed by atoms with van der Waals surface area (Å²) in [7, 11) is 1.59. The minimum Gasteiger partial charge on any atom is -0.456 e. The molecule has 3 amide bonds. The number of amides is 3. The Morgan fingerprint density at radius 3 is 2.42 bits per heavy atom. The lowest BCUT2D eigenvalue weighted by Gasteiger charge is -2.52. The maximum Gasteiger partial charge on any atom is 0.251 e. The molecule has 9 nitrogen and oxygen atoms in total. The van der Waals surface area contributed by atoms with E-state index in [1.807, 2.05) is 23.1 Å². The molecule has 2 aromatic carbocycles. The van der Waals surface area contributed by atoms with Gasteiger partial charge in [-0.2, -0.15) is 0 Å². The van der Waals surface area contributed by atoms with Crippen molar-refractivity contribution < 1.29 is 24.2 Å². The first-order chi connectivity index (χ1) is 21.3. The number of halogens is 2. The van der Waals surface area contributed by atoms with E-state index < -0.39 is 17.7 Å². The highest BCUT2D eigenvalue weighted by molar-refractivity contribution is 6.32. The molecule has 1 saturated carbocycles. The van der Waals surface area contributed by atoms with Crippen LogP contribution in [0.25, 0.3) is 0 Å². The van der Waals surface area contributed by atoms with Gasteiger partial charge in [0, 0.05) is 38.8 Å². The molecule has 11 heteroatoms. The monoisotopic (exact) mass is 660 g/mol. The van der Waals surface area contributed by atoms with Crippen LogP contribution in [0.3, 0.4) is 0 Å². The number of hydrogen-bond donors (Lipinski definition) is 3. The SMILES string of the molecule is CCCCN1C(=O)[C@@H]([C@H](O)C2CCCCC2)NC(=O)C12CCN(Cc1ccc(Oc3ccc(C(=O)NC)cc3)c(Cl)c1)CC2.Cl. The Labute approximate surface area is 277 Å². The number of carbonyl (C=O) groups is 3. The van der Waals surface area contributed by atoms with Crippen LogP contribution in [0.15, 0.2) is 42.5 Å². The van der Waals surface area contributed by atoms with E-state index in [1.165, 1.54) is 0 Å². The molecule has 2 heterocycles. The van der Waals surface area contributed by atoms with Gasteiger partial charge in [-0.25, -0.2) is 0 Å². The first-order valence-corrected chi connectivity index (χ1v) is 16.4. The zero-order valence-corrected chi connectivity index (χ0v) is 27.8. The zero-order valence-electron chi connectivity index (χ0n) is 26.2. The average molecular weight is 662 g/mol. The molecule has 0 radical (unpaired) electrons. The minimum absolute atomic E-state index is 0. The number of carbonyl (C=O) groups excluding carboxylic acids is 3. The van der Waals surface area contributed by atoms with Crippen LogP contribution in [0.4, 0.5) is 0 Å². The molecule has 0 bridgehead atoms. The number of benzene rings is 2. The van der Waals surface area contributed by atoms with Crippen LogP contribution in [-0.4, -0.2) is 77.0 Å². The molecule has 2 aliphatic heterocycles. The van der Waals surface area contributed by atoms with Gasteiger partial charge in [0.1, 0.15) is 23.1 Å². The Bertz CT molecular complexity index is 1330. The van der Waals surface area contributed by atoms with Crippen molar-refractivity contribution >= 4 is 41.7 Å². The van der Waals surface area contributed by atoms with Gasteiger partial charge in [-0.1, -0.05) is 50.3 Å². The largest absolute Gasteiger partial charge is 0.456 e. The molecule has 3 aliphatic rings. The topological polar surface area (TPSA) is 111 Å². The van der Waals surface area contributed by atoms with Crippen LogP contribution in [0, 0.1) is 5.92 Å². The van der Waals surface area contributed by atoms with Gasteiger partial charge in [-0.05, 0) is 80.0 Å². The van der Waals surface area contributed by atoms with Crippen molar-refractivity contribution in [1.29, 1.82) is 0 Å². The number of aliphatic hydroxyl groups is 1. The van der Waals surface area contributed by atoms with E-state index in [-0.39, 0.29) is 36.0 Å². The summed E-state index contributed by atoms with van der Waals surface area (Å²) in [6.45, 7) is 4.59. The van der Waals surface area contributed by atoms with Gasteiger partial charge in [-0.3, -0.25) is 19.3 Å². The first kappa shape index (κ1) is 35.0. The number of unbranched alkanes of at least 4 members (excludes halogenated alkanes) is 1. The molecule has 3 fully saturated rings. The Hall–Kier alpha value is -2.85.